The Morgan fingerprint density at radius 2 is 2.00 bits per heavy atom. The molecule has 0 saturated heterocycles. The van der Waals surface area contributed by atoms with Gasteiger partial charge < -0.3 is 10.3 Å². The van der Waals surface area contributed by atoms with E-state index in [0.717, 1.165) is 10.9 Å². The Morgan fingerprint density at radius 3 is 2.67 bits per heavy atom. The Balaban J connectivity index is 2.56. The van der Waals surface area contributed by atoms with E-state index in [1.54, 1.807) is 12.1 Å². The maximum absolute atomic E-state index is 11.9. The van der Waals surface area contributed by atoms with Crippen LogP contribution in [0.5, 0.6) is 0 Å². The van der Waals surface area contributed by atoms with Crippen LogP contribution in [0.4, 0.5) is 0 Å². The molecule has 2 rings (SSSR count). The summed E-state index contributed by atoms with van der Waals surface area (Å²) in [5, 5.41) is 4.10. The van der Waals surface area contributed by atoms with Crippen molar-refractivity contribution in [1.82, 2.24) is 10.3 Å². The molecule has 0 unspecified atom stereocenters. The van der Waals surface area contributed by atoms with E-state index in [2.05, 4.69) is 22.9 Å². The van der Waals surface area contributed by atoms with Gasteiger partial charge in [0.15, 0.2) is 0 Å². The smallest absolute Gasteiger partial charge is 0.268 e. The Labute approximate surface area is 110 Å². The van der Waals surface area contributed by atoms with Crippen molar-refractivity contribution in [3.05, 3.63) is 45.9 Å². The predicted octanol–water partition coefficient (Wildman–Crippen LogP) is 1.50. The van der Waals surface area contributed by atoms with Crippen LogP contribution in [-0.2, 0) is 0 Å². The molecule has 0 fully saturated rings. The summed E-state index contributed by atoms with van der Waals surface area (Å²) in [4.78, 5) is 26.4. The average Bonchev–Trinajstić information content (AvgIpc) is 2.40. The van der Waals surface area contributed by atoms with E-state index in [-0.39, 0.29) is 11.5 Å². The first-order valence-corrected chi connectivity index (χ1v) is 6.29. The van der Waals surface area contributed by atoms with Gasteiger partial charge in [-0.05, 0) is 23.9 Å². The number of hydrogen-bond donors (Lipinski definition) is 3. The molecule has 2 aromatic rings. The number of aryl methyl sites for hydroxylation is 1. The molecule has 0 atom stereocenters. The third-order valence-corrected chi connectivity index (χ3v) is 3.04. The van der Waals surface area contributed by atoms with Gasteiger partial charge in [0, 0.05) is 17.7 Å². The lowest BCUT2D eigenvalue weighted by Gasteiger charge is -2.09. The van der Waals surface area contributed by atoms with Gasteiger partial charge in [0.05, 0.1) is 0 Å². The second-order valence-electron chi connectivity index (χ2n) is 3.98. The van der Waals surface area contributed by atoms with E-state index < -0.39 is 0 Å². The molecule has 4 nitrogen and oxygen atoms in total. The highest BCUT2D eigenvalue weighted by molar-refractivity contribution is 7.80. The zero-order valence-corrected chi connectivity index (χ0v) is 10.9. The third-order valence-electron chi connectivity index (χ3n) is 2.81. The summed E-state index contributed by atoms with van der Waals surface area (Å²) in [6.45, 7) is 2.30. The maximum Gasteiger partial charge on any atom is 0.268 e. The lowest BCUT2D eigenvalue weighted by atomic mass is 10.1. The molecule has 0 radical (unpaired) electrons. The van der Waals surface area contributed by atoms with Crippen molar-refractivity contribution in [1.29, 1.82) is 0 Å². The van der Waals surface area contributed by atoms with Crippen molar-refractivity contribution in [2.75, 3.05) is 12.3 Å². The number of H-pyrrole nitrogens is 1. The molecule has 0 saturated carbocycles. The highest BCUT2D eigenvalue weighted by Gasteiger charge is 2.13. The molecule has 1 amide bonds. The van der Waals surface area contributed by atoms with Crippen molar-refractivity contribution < 1.29 is 4.79 Å². The Morgan fingerprint density at radius 1 is 1.33 bits per heavy atom. The van der Waals surface area contributed by atoms with Crippen molar-refractivity contribution in [3.63, 3.8) is 0 Å². The number of nitrogens with one attached hydrogen (secondary N) is 2. The molecule has 0 aliphatic carbocycles. The largest absolute Gasteiger partial charge is 0.350 e. The summed E-state index contributed by atoms with van der Waals surface area (Å²) in [6, 6.07) is 7.24. The van der Waals surface area contributed by atoms with Crippen LogP contribution < -0.4 is 10.9 Å². The lowest BCUT2D eigenvalue weighted by Crippen LogP contribution is -2.29. The van der Waals surface area contributed by atoms with Crippen LogP contribution in [-0.4, -0.2) is 23.2 Å². The van der Waals surface area contributed by atoms with E-state index >= 15 is 0 Å². The number of carbonyl (C=O) groups excluding carboxylic acids is 1. The third kappa shape index (κ3) is 2.26. The van der Waals surface area contributed by atoms with Gasteiger partial charge in [-0.15, -0.1) is 0 Å². The number of thiol groups is 1. The quantitative estimate of drug-likeness (QED) is 0.734. The first kappa shape index (κ1) is 12.7. The van der Waals surface area contributed by atoms with E-state index in [4.69, 9.17) is 0 Å². The molecule has 1 aromatic carbocycles. The van der Waals surface area contributed by atoms with Crippen LogP contribution in [0.3, 0.4) is 0 Å². The minimum atomic E-state index is -0.274. The summed E-state index contributed by atoms with van der Waals surface area (Å²) in [5.74, 6) is 0.284. The number of fused-ring (bicyclic) bond motifs is 1. The van der Waals surface area contributed by atoms with Gasteiger partial charge in [0.1, 0.15) is 5.69 Å². The molecule has 1 heterocycles. The minimum absolute atomic E-state index is 0.243. The average molecular weight is 262 g/mol. The van der Waals surface area contributed by atoms with Crippen molar-refractivity contribution in [3.8, 4) is 0 Å². The van der Waals surface area contributed by atoms with Gasteiger partial charge in [-0.3, -0.25) is 9.59 Å². The first-order chi connectivity index (χ1) is 8.65. The predicted molar refractivity (Wildman–Crippen MR) is 75.5 cm³/mol. The summed E-state index contributed by atoms with van der Waals surface area (Å²) >= 11 is 4.03. The van der Waals surface area contributed by atoms with E-state index in [9.17, 15) is 9.59 Å². The number of aromatic amines is 1. The Hall–Kier alpha value is -1.75. The van der Waals surface area contributed by atoms with Gasteiger partial charge in [-0.1, -0.05) is 18.2 Å². The molecule has 94 valence electrons. The van der Waals surface area contributed by atoms with E-state index in [1.165, 1.54) is 0 Å². The lowest BCUT2D eigenvalue weighted by molar-refractivity contribution is 0.0950. The highest BCUT2D eigenvalue weighted by atomic mass is 32.1. The second-order valence-corrected chi connectivity index (χ2v) is 4.43. The van der Waals surface area contributed by atoms with Crippen molar-refractivity contribution in [2.24, 2.45) is 0 Å². The zero-order chi connectivity index (χ0) is 13.1. The molecule has 1 aromatic heterocycles. The molecule has 0 aliphatic rings. The fourth-order valence-electron chi connectivity index (χ4n) is 1.90. The van der Waals surface area contributed by atoms with Crippen LogP contribution in [0.25, 0.3) is 10.8 Å². The number of rotatable bonds is 3. The minimum Gasteiger partial charge on any atom is -0.350 e. The van der Waals surface area contributed by atoms with Crippen LogP contribution in [0, 0.1) is 6.92 Å². The second kappa shape index (κ2) is 5.27. The SMILES string of the molecule is Cc1c(C(=O)NCCS)[nH]c(=O)c2ccccc12. The molecular formula is C13H14N2O2S. The van der Waals surface area contributed by atoms with Gasteiger partial charge in [-0.2, -0.15) is 12.6 Å². The van der Waals surface area contributed by atoms with Crippen LogP contribution in [0.15, 0.2) is 29.1 Å². The zero-order valence-electron chi connectivity index (χ0n) is 9.99. The van der Waals surface area contributed by atoms with Crippen LogP contribution in [0.1, 0.15) is 16.1 Å². The molecular weight excluding hydrogens is 248 g/mol. The standard InChI is InChI=1S/C13H14N2O2S/c1-8-9-4-2-3-5-10(9)12(16)15-11(8)13(17)14-6-7-18/h2-5,18H,6-7H2,1H3,(H,14,17)(H,15,16). The number of pyridine rings is 1. The Bertz CT molecular complexity index is 649. The van der Waals surface area contributed by atoms with E-state index in [0.29, 0.717) is 23.4 Å². The van der Waals surface area contributed by atoms with E-state index in [1.807, 2.05) is 19.1 Å². The van der Waals surface area contributed by atoms with Gasteiger partial charge in [0.25, 0.3) is 11.5 Å². The molecule has 0 bridgehead atoms. The summed E-state index contributed by atoms with van der Waals surface area (Å²) in [6.07, 6.45) is 0. The monoisotopic (exact) mass is 262 g/mol. The number of amides is 1. The molecule has 0 aliphatic heterocycles. The Kier molecular flexibility index (Phi) is 3.72. The van der Waals surface area contributed by atoms with Gasteiger partial charge in [-0.25, -0.2) is 0 Å². The summed E-state index contributed by atoms with van der Waals surface area (Å²) in [5.41, 5.74) is 0.856. The number of aromatic nitrogens is 1. The first-order valence-electron chi connectivity index (χ1n) is 5.66. The topological polar surface area (TPSA) is 62.0 Å². The molecule has 0 spiro atoms. The number of benzene rings is 1. The van der Waals surface area contributed by atoms with Gasteiger partial charge in [0.2, 0.25) is 0 Å². The van der Waals surface area contributed by atoms with Crippen LogP contribution in [0.2, 0.25) is 0 Å². The highest BCUT2D eigenvalue weighted by Crippen LogP contribution is 2.16. The molecule has 5 heteroatoms. The van der Waals surface area contributed by atoms with Gasteiger partial charge >= 0.3 is 0 Å². The van der Waals surface area contributed by atoms with Crippen molar-refractivity contribution >= 4 is 29.3 Å². The number of carbonyl (C=O) groups is 1. The fourth-order valence-corrected chi connectivity index (χ4v) is 2.01. The summed E-state index contributed by atoms with van der Waals surface area (Å²) in [7, 11) is 0. The molecule has 18 heavy (non-hydrogen) atoms. The maximum atomic E-state index is 11.9. The van der Waals surface area contributed by atoms with Crippen LogP contribution >= 0.6 is 12.6 Å². The number of hydrogen-bond acceptors (Lipinski definition) is 3. The van der Waals surface area contributed by atoms with Crippen molar-refractivity contribution in [2.45, 2.75) is 6.92 Å². The summed E-state index contributed by atoms with van der Waals surface area (Å²) < 4.78 is 0. The fraction of sp³-hybridized carbons (Fsp3) is 0.231. The normalized spacial score (nSPS) is 10.6. The molecule has 2 N–H and O–H groups in total.